The van der Waals surface area contributed by atoms with Crippen LogP contribution in [0.3, 0.4) is 0 Å². The maximum atomic E-state index is 13.1. The predicted octanol–water partition coefficient (Wildman–Crippen LogP) is 2.49. The lowest BCUT2D eigenvalue weighted by Gasteiger charge is -2.09. The first-order valence-corrected chi connectivity index (χ1v) is 7.61. The van der Waals surface area contributed by atoms with Gasteiger partial charge in [0.2, 0.25) is 10.0 Å². The first-order chi connectivity index (χ1) is 9.90. The third-order valence-electron chi connectivity index (χ3n) is 2.83. The molecule has 2 aromatic carbocycles. The minimum atomic E-state index is -3.53. The van der Waals surface area contributed by atoms with E-state index in [-0.39, 0.29) is 11.4 Å². The van der Waals surface area contributed by atoms with Crippen LogP contribution in [0.2, 0.25) is 0 Å². The Morgan fingerprint density at radius 1 is 1.05 bits per heavy atom. The molecule has 0 unspecified atom stereocenters. The van der Waals surface area contributed by atoms with Crippen LogP contribution < -0.4 is 10.0 Å². The lowest BCUT2D eigenvalue weighted by Crippen LogP contribution is -2.18. The van der Waals surface area contributed by atoms with Crippen LogP contribution >= 0.6 is 0 Å². The van der Waals surface area contributed by atoms with Crippen molar-refractivity contribution in [1.29, 1.82) is 0 Å². The summed E-state index contributed by atoms with van der Waals surface area (Å²) in [5, 5.41) is 2.93. The molecule has 0 bridgehead atoms. The number of rotatable bonds is 5. The maximum absolute atomic E-state index is 13.1. The fourth-order valence-corrected chi connectivity index (χ4v) is 2.58. The lowest BCUT2D eigenvalue weighted by atomic mass is 10.2. The molecule has 0 radical (unpaired) electrons. The zero-order valence-electron chi connectivity index (χ0n) is 11.2. The summed E-state index contributed by atoms with van der Waals surface area (Å²) < 4.78 is 51.7. The normalized spacial score (nSPS) is 11.4. The molecule has 0 aliphatic heterocycles. The molecule has 21 heavy (non-hydrogen) atoms. The Bertz CT molecular complexity index is 728. The van der Waals surface area contributed by atoms with Gasteiger partial charge in [-0.2, -0.15) is 0 Å². The van der Waals surface area contributed by atoms with E-state index in [4.69, 9.17) is 0 Å². The van der Waals surface area contributed by atoms with Gasteiger partial charge < -0.3 is 5.32 Å². The second-order valence-electron chi connectivity index (χ2n) is 4.37. The molecule has 0 aliphatic carbocycles. The van der Waals surface area contributed by atoms with Crippen LogP contribution in [0.1, 0.15) is 5.56 Å². The number of benzene rings is 2. The van der Waals surface area contributed by atoms with Crippen LogP contribution in [0.15, 0.2) is 47.4 Å². The molecule has 112 valence electrons. The van der Waals surface area contributed by atoms with E-state index < -0.39 is 21.7 Å². The zero-order valence-corrected chi connectivity index (χ0v) is 12.0. The summed E-state index contributed by atoms with van der Waals surface area (Å²) in [6.45, 7) is 0.178. The van der Waals surface area contributed by atoms with Gasteiger partial charge in [-0.15, -0.1) is 0 Å². The van der Waals surface area contributed by atoms with E-state index in [2.05, 4.69) is 10.0 Å². The number of sulfonamides is 1. The Kier molecular flexibility index (Phi) is 4.54. The van der Waals surface area contributed by atoms with Crippen molar-refractivity contribution in [2.45, 2.75) is 11.4 Å². The maximum Gasteiger partial charge on any atom is 0.240 e. The average molecular weight is 312 g/mol. The number of anilines is 1. The summed E-state index contributed by atoms with van der Waals surface area (Å²) in [4.78, 5) is 0.112. The van der Waals surface area contributed by atoms with Crippen molar-refractivity contribution in [1.82, 2.24) is 4.72 Å². The van der Waals surface area contributed by atoms with Crippen molar-refractivity contribution in [2.75, 3.05) is 12.4 Å². The molecule has 2 aromatic rings. The molecular formula is C14H14F2N2O2S. The minimum absolute atomic E-state index is 0.112. The highest BCUT2D eigenvalue weighted by atomic mass is 32.2. The Morgan fingerprint density at radius 3 is 2.33 bits per heavy atom. The molecule has 0 atom stereocenters. The van der Waals surface area contributed by atoms with Crippen LogP contribution in [-0.2, 0) is 16.6 Å². The zero-order chi connectivity index (χ0) is 15.5. The number of halogens is 2. The SMILES string of the molecule is CNS(=O)(=O)c1cccc(NCc2cc(F)cc(F)c2)c1. The van der Waals surface area contributed by atoms with E-state index in [9.17, 15) is 17.2 Å². The summed E-state index contributed by atoms with van der Waals surface area (Å²) >= 11 is 0. The highest BCUT2D eigenvalue weighted by Crippen LogP contribution is 2.16. The molecular weight excluding hydrogens is 298 g/mol. The molecule has 0 amide bonds. The molecule has 0 saturated heterocycles. The monoisotopic (exact) mass is 312 g/mol. The third kappa shape index (κ3) is 3.99. The highest BCUT2D eigenvalue weighted by Gasteiger charge is 2.11. The molecule has 0 saturated carbocycles. The highest BCUT2D eigenvalue weighted by molar-refractivity contribution is 7.89. The van der Waals surface area contributed by atoms with E-state index in [1.807, 2.05) is 0 Å². The van der Waals surface area contributed by atoms with Crippen molar-refractivity contribution in [2.24, 2.45) is 0 Å². The molecule has 0 heterocycles. The Balaban J connectivity index is 2.15. The van der Waals surface area contributed by atoms with Gasteiger partial charge in [0.05, 0.1) is 4.90 Å². The molecule has 7 heteroatoms. The first-order valence-electron chi connectivity index (χ1n) is 6.13. The summed E-state index contributed by atoms with van der Waals surface area (Å²) in [7, 11) is -2.20. The largest absolute Gasteiger partial charge is 0.381 e. The van der Waals surface area contributed by atoms with Gasteiger partial charge >= 0.3 is 0 Å². The van der Waals surface area contributed by atoms with Gasteiger partial charge in [0.25, 0.3) is 0 Å². The number of hydrogen-bond acceptors (Lipinski definition) is 3. The molecule has 2 rings (SSSR count). The summed E-state index contributed by atoms with van der Waals surface area (Å²) in [6.07, 6.45) is 0. The molecule has 0 spiro atoms. The van der Waals surface area contributed by atoms with Crippen LogP contribution in [0.5, 0.6) is 0 Å². The average Bonchev–Trinajstić information content (AvgIpc) is 2.44. The summed E-state index contributed by atoms with van der Waals surface area (Å²) in [5.41, 5.74) is 0.963. The molecule has 0 aliphatic rings. The Hall–Kier alpha value is -1.99. The van der Waals surface area contributed by atoms with E-state index in [0.29, 0.717) is 11.3 Å². The van der Waals surface area contributed by atoms with Crippen LogP contribution in [0, 0.1) is 11.6 Å². The fourth-order valence-electron chi connectivity index (χ4n) is 1.81. The van der Waals surface area contributed by atoms with Crippen molar-refractivity contribution >= 4 is 15.7 Å². The van der Waals surface area contributed by atoms with E-state index in [1.54, 1.807) is 12.1 Å². The topological polar surface area (TPSA) is 58.2 Å². The van der Waals surface area contributed by atoms with Crippen molar-refractivity contribution in [3.8, 4) is 0 Å². The van der Waals surface area contributed by atoms with E-state index >= 15 is 0 Å². The predicted molar refractivity (Wildman–Crippen MR) is 76.4 cm³/mol. The van der Waals surface area contributed by atoms with E-state index in [1.165, 1.54) is 31.3 Å². The van der Waals surface area contributed by atoms with Crippen molar-refractivity contribution in [3.63, 3.8) is 0 Å². The molecule has 4 nitrogen and oxygen atoms in total. The first kappa shape index (κ1) is 15.4. The minimum Gasteiger partial charge on any atom is -0.381 e. The van der Waals surface area contributed by atoms with Crippen LogP contribution in [0.25, 0.3) is 0 Å². The van der Waals surface area contributed by atoms with Gasteiger partial charge in [0.15, 0.2) is 0 Å². The van der Waals surface area contributed by atoms with Gasteiger partial charge in [-0.3, -0.25) is 0 Å². The number of nitrogens with one attached hydrogen (secondary N) is 2. The van der Waals surface area contributed by atoms with Crippen molar-refractivity contribution in [3.05, 3.63) is 59.7 Å². The Morgan fingerprint density at radius 2 is 1.71 bits per heavy atom. The quantitative estimate of drug-likeness (QED) is 0.892. The smallest absolute Gasteiger partial charge is 0.240 e. The van der Waals surface area contributed by atoms with Crippen LogP contribution in [0.4, 0.5) is 14.5 Å². The Labute approximate surface area is 121 Å². The van der Waals surface area contributed by atoms with E-state index in [0.717, 1.165) is 6.07 Å². The van der Waals surface area contributed by atoms with Gasteiger partial charge in [-0.05, 0) is 42.9 Å². The van der Waals surface area contributed by atoms with Gasteiger partial charge in [0, 0.05) is 18.3 Å². The standard InChI is InChI=1S/C14H14F2N2O2S/c1-17-21(19,20)14-4-2-3-13(8-14)18-9-10-5-11(15)7-12(16)6-10/h2-8,17-18H,9H2,1H3. The van der Waals surface area contributed by atoms with Gasteiger partial charge in [0.1, 0.15) is 11.6 Å². The molecule has 0 fully saturated rings. The second-order valence-corrected chi connectivity index (χ2v) is 6.25. The molecule has 0 aromatic heterocycles. The third-order valence-corrected chi connectivity index (χ3v) is 4.24. The summed E-state index contributed by atoms with van der Waals surface area (Å²) in [6, 6.07) is 9.38. The van der Waals surface area contributed by atoms with Crippen LogP contribution in [-0.4, -0.2) is 15.5 Å². The second kappa shape index (κ2) is 6.19. The van der Waals surface area contributed by atoms with Gasteiger partial charge in [-0.1, -0.05) is 6.07 Å². The van der Waals surface area contributed by atoms with Gasteiger partial charge in [-0.25, -0.2) is 21.9 Å². The molecule has 2 N–H and O–H groups in total. The summed E-state index contributed by atoms with van der Waals surface area (Å²) in [5.74, 6) is -1.31. The fraction of sp³-hybridized carbons (Fsp3) is 0.143. The van der Waals surface area contributed by atoms with Crippen molar-refractivity contribution < 1.29 is 17.2 Å². The number of hydrogen-bond donors (Lipinski definition) is 2. The lowest BCUT2D eigenvalue weighted by molar-refractivity contribution is 0.580.